The molecular formula is C16H11BrN4O2. The van der Waals surface area contributed by atoms with E-state index in [9.17, 15) is 4.79 Å². The van der Waals surface area contributed by atoms with Crippen LogP contribution >= 0.6 is 15.9 Å². The van der Waals surface area contributed by atoms with E-state index in [-0.39, 0.29) is 5.84 Å². The minimum Gasteiger partial charge on any atom is -0.423 e. The lowest BCUT2D eigenvalue weighted by Gasteiger charge is -2.07. The SMILES string of the molecule is N=C(c1ccc(OC(=O)c2ccc(Br)cc2)cc1)n1cnnc1. The van der Waals surface area contributed by atoms with Gasteiger partial charge in [0, 0.05) is 10.0 Å². The number of carbonyl (C=O) groups is 1. The number of hydrogen-bond donors (Lipinski definition) is 1. The number of nitrogens with one attached hydrogen (secondary N) is 1. The average molecular weight is 371 g/mol. The van der Waals surface area contributed by atoms with Gasteiger partial charge in [-0.25, -0.2) is 4.79 Å². The van der Waals surface area contributed by atoms with E-state index in [1.165, 1.54) is 17.2 Å². The van der Waals surface area contributed by atoms with Crippen LogP contribution in [0.15, 0.2) is 65.7 Å². The van der Waals surface area contributed by atoms with Gasteiger partial charge in [-0.1, -0.05) is 15.9 Å². The Balaban J connectivity index is 1.71. The summed E-state index contributed by atoms with van der Waals surface area (Å²) in [4.78, 5) is 12.0. The van der Waals surface area contributed by atoms with Crippen LogP contribution in [0, 0.1) is 5.41 Å². The van der Waals surface area contributed by atoms with Gasteiger partial charge in [-0.3, -0.25) is 9.98 Å². The first-order valence-electron chi connectivity index (χ1n) is 6.65. The molecule has 1 heterocycles. The van der Waals surface area contributed by atoms with E-state index < -0.39 is 5.97 Å². The molecule has 7 heteroatoms. The molecule has 3 rings (SSSR count). The van der Waals surface area contributed by atoms with Crippen LogP contribution in [-0.2, 0) is 0 Å². The molecule has 0 saturated heterocycles. The number of nitrogens with zero attached hydrogens (tertiary/aromatic N) is 3. The molecule has 0 atom stereocenters. The molecular weight excluding hydrogens is 360 g/mol. The lowest BCUT2D eigenvalue weighted by Crippen LogP contribution is -2.11. The van der Waals surface area contributed by atoms with Gasteiger partial charge in [-0.15, -0.1) is 10.2 Å². The van der Waals surface area contributed by atoms with E-state index >= 15 is 0 Å². The third-order valence-electron chi connectivity index (χ3n) is 3.10. The molecule has 0 unspecified atom stereocenters. The summed E-state index contributed by atoms with van der Waals surface area (Å²) in [6, 6.07) is 13.6. The summed E-state index contributed by atoms with van der Waals surface area (Å²) in [5, 5.41) is 15.4. The van der Waals surface area contributed by atoms with E-state index in [1.807, 2.05) is 0 Å². The molecule has 3 aromatic rings. The second-order valence-electron chi connectivity index (χ2n) is 4.64. The average Bonchev–Trinajstić information content (AvgIpc) is 3.10. The van der Waals surface area contributed by atoms with Crippen molar-refractivity contribution in [2.45, 2.75) is 0 Å². The Labute approximate surface area is 140 Å². The number of ether oxygens (including phenoxy) is 1. The number of aromatic nitrogens is 3. The first-order chi connectivity index (χ1) is 11.1. The van der Waals surface area contributed by atoms with E-state index in [0.29, 0.717) is 16.9 Å². The Morgan fingerprint density at radius 3 is 2.13 bits per heavy atom. The summed E-state index contributed by atoms with van der Waals surface area (Å²) in [5.74, 6) is 0.221. The third-order valence-corrected chi connectivity index (χ3v) is 3.62. The van der Waals surface area contributed by atoms with Crippen LogP contribution in [-0.4, -0.2) is 26.6 Å². The van der Waals surface area contributed by atoms with Crippen molar-refractivity contribution < 1.29 is 9.53 Å². The summed E-state index contributed by atoms with van der Waals surface area (Å²) >= 11 is 3.32. The first-order valence-corrected chi connectivity index (χ1v) is 7.44. The first kappa shape index (κ1) is 15.1. The van der Waals surface area contributed by atoms with Crippen LogP contribution in [0.3, 0.4) is 0 Å². The van der Waals surface area contributed by atoms with E-state index in [4.69, 9.17) is 10.1 Å². The molecule has 0 bridgehead atoms. The Morgan fingerprint density at radius 2 is 1.52 bits per heavy atom. The fraction of sp³-hybridized carbons (Fsp3) is 0. The van der Waals surface area contributed by atoms with Gasteiger partial charge < -0.3 is 4.74 Å². The van der Waals surface area contributed by atoms with E-state index in [0.717, 1.165) is 4.47 Å². The van der Waals surface area contributed by atoms with Gasteiger partial charge in [0.05, 0.1) is 5.56 Å². The number of hydrogen-bond acceptors (Lipinski definition) is 5. The van der Waals surface area contributed by atoms with Gasteiger partial charge in [0.15, 0.2) is 0 Å². The summed E-state index contributed by atoms with van der Waals surface area (Å²) in [6.45, 7) is 0. The topological polar surface area (TPSA) is 80.9 Å². The maximum absolute atomic E-state index is 12.0. The molecule has 0 aliphatic rings. The number of rotatable bonds is 3. The van der Waals surface area contributed by atoms with E-state index in [2.05, 4.69) is 26.1 Å². The van der Waals surface area contributed by atoms with Crippen LogP contribution < -0.4 is 4.74 Å². The zero-order valence-electron chi connectivity index (χ0n) is 11.8. The van der Waals surface area contributed by atoms with Crippen molar-refractivity contribution in [1.29, 1.82) is 5.41 Å². The highest BCUT2D eigenvalue weighted by Gasteiger charge is 2.09. The zero-order valence-corrected chi connectivity index (χ0v) is 13.4. The highest BCUT2D eigenvalue weighted by atomic mass is 79.9. The Bertz CT molecular complexity index is 828. The minimum absolute atomic E-state index is 0.237. The Kier molecular flexibility index (Phi) is 4.29. The van der Waals surface area contributed by atoms with Crippen molar-refractivity contribution in [3.8, 4) is 5.75 Å². The lowest BCUT2D eigenvalue weighted by molar-refractivity contribution is 0.0735. The molecule has 1 N–H and O–H groups in total. The van der Waals surface area contributed by atoms with Crippen LogP contribution in [0.2, 0.25) is 0 Å². The Morgan fingerprint density at radius 1 is 0.957 bits per heavy atom. The standard InChI is InChI=1S/C16H11BrN4O2/c17-13-5-1-12(2-6-13)16(22)23-14-7-3-11(4-8-14)15(18)21-9-19-20-10-21/h1-10,18H. The predicted molar refractivity (Wildman–Crippen MR) is 87.8 cm³/mol. The van der Waals surface area contributed by atoms with Crippen molar-refractivity contribution in [2.24, 2.45) is 0 Å². The lowest BCUT2D eigenvalue weighted by atomic mass is 10.2. The fourth-order valence-electron chi connectivity index (χ4n) is 1.90. The normalized spacial score (nSPS) is 10.3. The second-order valence-corrected chi connectivity index (χ2v) is 5.55. The smallest absolute Gasteiger partial charge is 0.343 e. The predicted octanol–water partition coefficient (Wildman–Crippen LogP) is 3.13. The van der Waals surface area contributed by atoms with Gasteiger partial charge in [-0.05, 0) is 48.5 Å². The third kappa shape index (κ3) is 3.51. The largest absolute Gasteiger partial charge is 0.423 e. The second kappa shape index (κ2) is 6.53. The molecule has 114 valence electrons. The van der Waals surface area contributed by atoms with Crippen molar-refractivity contribution in [2.75, 3.05) is 0 Å². The summed E-state index contributed by atoms with van der Waals surface area (Å²) in [7, 11) is 0. The number of benzene rings is 2. The molecule has 0 aliphatic carbocycles. The molecule has 0 saturated carbocycles. The molecule has 0 fully saturated rings. The monoisotopic (exact) mass is 370 g/mol. The molecule has 0 radical (unpaired) electrons. The van der Waals surface area contributed by atoms with Crippen LogP contribution in [0.1, 0.15) is 15.9 Å². The molecule has 0 amide bonds. The van der Waals surface area contributed by atoms with Crippen molar-refractivity contribution in [1.82, 2.24) is 14.8 Å². The minimum atomic E-state index is -0.431. The van der Waals surface area contributed by atoms with Crippen molar-refractivity contribution >= 4 is 27.7 Å². The van der Waals surface area contributed by atoms with Crippen molar-refractivity contribution in [3.05, 3.63) is 76.8 Å². The maximum atomic E-state index is 12.0. The highest BCUT2D eigenvalue weighted by molar-refractivity contribution is 9.10. The Hall–Kier alpha value is -2.80. The quantitative estimate of drug-likeness (QED) is 0.332. The summed E-state index contributed by atoms with van der Waals surface area (Å²) in [6.07, 6.45) is 2.90. The van der Waals surface area contributed by atoms with Gasteiger partial charge >= 0.3 is 5.97 Å². The van der Waals surface area contributed by atoms with Gasteiger partial charge in [0.25, 0.3) is 0 Å². The summed E-state index contributed by atoms with van der Waals surface area (Å²) in [5.41, 5.74) is 1.13. The van der Waals surface area contributed by atoms with Crippen LogP contribution in [0.5, 0.6) is 5.75 Å². The fourth-order valence-corrected chi connectivity index (χ4v) is 2.16. The molecule has 1 aromatic heterocycles. The van der Waals surface area contributed by atoms with Gasteiger partial charge in [-0.2, -0.15) is 0 Å². The molecule has 23 heavy (non-hydrogen) atoms. The van der Waals surface area contributed by atoms with Gasteiger partial charge in [0.1, 0.15) is 24.2 Å². The summed E-state index contributed by atoms with van der Waals surface area (Å²) < 4.78 is 7.69. The number of halogens is 1. The van der Waals surface area contributed by atoms with Crippen molar-refractivity contribution in [3.63, 3.8) is 0 Å². The van der Waals surface area contributed by atoms with E-state index in [1.54, 1.807) is 48.5 Å². The highest BCUT2D eigenvalue weighted by Crippen LogP contribution is 2.16. The molecule has 2 aromatic carbocycles. The molecule has 0 spiro atoms. The number of esters is 1. The molecule has 6 nitrogen and oxygen atoms in total. The van der Waals surface area contributed by atoms with Gasteiger partial charge in [0.2, 0.25) is 0 Å². The maximum Gasteiger partial charge on any atom is 0.343 e. The van der Waals surface area contributed by atoms with Crippen LogP contribution in [0.4, 0.5) is 0 Å². The molecule has 0 aliphatic heterocycles. The van der Waals surface area contributed by atoms with Crippen LogP contribution in [0.25, 0.3) is 0 Å². The zero-order chi connectivity index (χ0) is 16.2. The number of carbonyl (C=O) groups excluding carboxylic acids is 1.